The molecule has 2 aliphatic heterocycles. The molecule has 2 aliphatic rings. The molecule has 2 heterocycles. The molecule has 4 aromatic carbocycles. The van der Waals surface area contributed by atoms with E-state index in [4.69, 9.17) is 0 Å². The molecule has 0 amide bonds. The maximum atomic E-state index is 2.68. The van der Waals surface area contributed by atoms with Crippen LogP contribution in [0.2, 0.25) is 0 Å². The number of hydrogen-bond donors (Lipinski definition) is 0. The summed E-state index contributed by atoms with van der Waals surface area (Å²) in [7, 11) is 0. The fraction of sp³-hybridized carbons (Fsp3) is 0.575. The van der Waals surface area contributed by atoms with Gasteiger partial charge in [-0.25, -0.2) is 0 Å². The van der Waals surface area contributed by atoms with E-state index in [0.29, 0.717) is 0 Å². The third kappa shape index (κ3) is 19.9. The van der Waals surface area contributed by atoms with E-state index < -0.39 is 0 Å². The Kier molecular flexibility index (Phi) is 29.7. The second-order valence-corrected chi connectivity index (χ2v) is 24.0. The zero-order chi connectivity index (χ0) is 52.8. The van der Waals surface area contributed by atoms with E-state index in [2.05, 4.69) is 178 Å². The maximum absolute atomic E-state index is 2.68. The summed E-state index contributed by atoms with van der Waals surface area (Å²) in [6, 6.07) is 36.3. The molecule has 0 bridgehead atoms. The van der Waals surface area contributed by atoms with Crippen molar-refractivity contribution in [3.63, 3.8) is 0 Å². The predicted molar refractivity (Wildman–Crippen MR) is 332 cm³/mol. The fourth-order valence-corrected chi connectivity index (χ4v) is 12.5. The highest BCUT2D eigenvalue weighted by molar-refractivity contribution is 6.03. The summed E-state index contributed by atoms with van der Waals surface area (Å²) in [6.07, 6.45) is 56.5. The first-order valence-electron chi connectivity index (χ1n) is 31.6. The van der Waals surface area contributed by atoms with Crippen LogP contribution in [0.5, 0.6) is 0 Å². The first-order chi connectivity index (χ1) is 36.8. The smallest absolute Gasteiger partial charge is 0.210 e. The average Bonchev–Trinajstić information content (AvgIpc) is 3.77. The van der Waals surface area contributed by atoms with Crippen molar-refractivity contribution < 1.29 is 28.6 Å². The minimum atomic E-state index is -0.0858. The number of anilines is 1. The molecule has 6 rings (SSSR count). The van der Waals surface area contributed by atoms with Crippen molar-refractivity contribution in [3.05, 3.63) is 144 Å². The van der Waals surface area contributed by atoms with Crippen molar-refractivity contribution >= 4 is 17.1 Å². The molecule has 4 aromatic rings. The van der Waals surface area contributed by atoms with E-state index in [1.54, 1.807) is 0 Å². The van der Waals surface area contributed by atoms with Gasteiger partial charge in [-0.3, -0.25) is 0 Å². The number of halogens is 1. The molecule has 0 atom stereocenters. The van der Waals surface area contributed by atoms with Gasteiger partial charge in [-0.1, -0.05) is 317 Å². The minimum Gasteiger partial charge on any atom is -1.00 e. The van der Waals surface area contributed by atoms with Crippen LogP contribution >= 0.6 is 0 Å². The summed E-state index contributed by atoms with van der Waals surface area (Å²) in [6.45, 7) is 16.5. The Balaban J connectivity index is 0.0000107. The lowest BCUT2D eigenvalue weighted by Crippen LogP contribution is -3.00. The van der Waals surface area contributed by atoms with Gasteiger partial charge in [-0.2, -0.15) is 4.58 Å². The molecule has 0 N–H and O–H groups in total. The van der Waals surface area contributed by atoms with Crippen molar-refractivity contribution in [3.8, 4) is 22.3 Å². The Labute approximate surface area is 484 Å². The van der Waals surface area contributed by atoms with Crippen molar-refractivity contribution in [2.24, 2.45) is 0 Å². The SMILES string of the molecule is CCCCCCCCCCCCCCCCCCCCCC[N+]1=C(/C=C/C=C/C=C2/N(CCCCCCCCCCCCCC)c3cc(-c4ccccc4)ccc3C2(C)C)C(C)(C)c2ccc(-c3ccccc3)cc21.[I-]. The highest BCUT2D eigenvalue weighted by Crippen LogP contribution is 2.49. The van der Waals surface area contributed by atoms with Crippen molar-refractivity contribution in [2.45, 2.75) is 258 Å². The van der Waals surface area contributed by atoms with E-state index in [9.17, 15) is 0 Å². The molecule has 0 aliphatic carbocycles. The fourth-order valence-electron chi connectivity index (χ4n) is 12.5. The summed E-state index contributed by atoms with van der Waals surface area (Å²) >= 11 is 0. The van der Waals surface area contributed by atoms with E-state index in [0.717, 1.165) is 13.1 Å². The minimum absolute atomic E-state index is 0. The van der Waals surface area contributed by atoms with Crippen LogP contribution in [0, 0.1) is 0 Å². The Morgan fingerprint density at radius 1 is 0.395 bits per heavy atom. The van der Waals surface area contributed by atoms with E-state index >= 15 is 0 Å². The molecule has 76 heavy (non-hydrogen) atoms. The quantitative estimate of drug-likeness (QED) is 0.0187. The van der Waals surface area contributed by atoms with Gasteiger partial charge in [0.15, 0.2) is 5.71 Å². The molecule has 0 spiro atoms. The van der Waals surface area contributed by atoms with Crippen molar-refractivity contribution in [1.82, 2.24) is 0 Å². The molecule has 3 heteroatoms. The number of hydrogen-bond acceptors (Lipinski definition) is 1. The van der Waals surface area contributed by atoms with Crippen LogP contribution in [0.4, 0.5) is 11.4 Å². The average molecular weight is 1140 g/mol. The van der Waals surface area contributed by atoms with Crippen LogP contribution in [0.1, 0.15) is 258 Å². The van der Waals surface area contributed by atoms with Gasteiger partial charge >= 0.3 is 0 Å². The standard InChI is InChI=1S/C73H107N2.HI/c1-7-9-11-13-15-17-19-21-22-23-24-25-26-27-28-30-32-34-36-47-59-75-69-61-65(63-50-42-38-43-51-63)55-57-67(69)73(5,6)71(75)53-45-39-44-52-70-72(3,4)66-56-54-64(62-48-40-37-41-49-62)60-68(66)74(70)58-46-35-33-31-29-20-18-16-14-12-10-8-2;/h37-45,48-57,60-61H,7-36,46-47,58-59H2,1-6H3;1H/q+1;/p-1. The first-order valence-corrected chi connectivity index (χ1v) is 31.6. The molecule has 416 valence electrons. The molecular weight excluding hydrogens is 1030 g/mol. The second kappa shape index (κ2) is 35.7. The van der Waals surface area contributed by atoms with Gasteiger partial charge in [-0.05, 0) is 66.6 Å². The second-order valence-electron chi connectivity index (χ2n) is 24.0. The van der Waals surface area contributed by atoms with Crippen molar-refractivity contribution in [2.75, 3.05) is 18.0 Å². The molecule has 2 nitrogen and oxygen atoms in total. The predicted octanol–water partition coefficient (Wildman–Crippen LogP) is 19.7. The highest BCUT2D eigenvalue weighted by Gasteiger charge is 2.44. The van der Waals surface area contributed by atoms with Gasteiger partial charge in [0, 0.05) is 47.5 Å². The van der Waals surface area contributed by atoms with E-state index in [1.807, 2.05) is 0 Å². The van der Waals surface area contributed by atoms with Crippen molar-refractivity contribution in [1.29, 1.82) is 0 Å². The van der Waals surface area contributed by atoms with Gasteiger partial charge < -0.3 is 28.9 Å². The lowest BCUT2D eigenvalue weighted by Gasteiger charge is -2.27. The zero-order valence-electron chi connectivity index (χ0n) is 49.4. The van der Waals surface area contributed by atoms with Crippen LogP contribution < -0.4 is 28.9 Å². The van der Waals surface area contributed by atoms with Crippen LogP contribution in [-0.2, 0) is 10.8 Å². The summed E-state index contributed by atoms with van der Waals surface area (Å²) in [5.41, 5.74) is 13.5. The number of benzene rings is 4. The maximum Gasteiger partial charge on any atom is 0.210 e. The molecule has 0 aromatic heterocycles. The summed E-state index contributed by atoms with van der Waals surface area (Å²) < 4.78 is 2.68. The lowest BCUT2D eigenvalue weighted by molar-refractivity contribution is -0.438. The number of unbranched alkanes of at least 4 members (excludes halogenated alkanes) is 30. The molecule has 0 saturated carbocycles. The monoisotopic (exact) mass is 1140 g/mol. The highest BCUT2D eigenvalue weighted by atomic mass is 127. The van der Waals surface area contributed by atoms with Gasteiger partial charge in [0.05, 0.1) is 5.41 Å². The van der Waals surface area contributed by atoms with Gasteiger partial charge in [0.1, 0.15) is 6.54 Å². The Morgan fingerprint density at radius 2 is 0.803 bits per heavy atom. The van der Waals surface area contributed by atoms with Crippen LogP contribution in [-0.4, -0.2) is 23.4 Å². The largest absolute Gasteiger partial charge is 1.00 e. The van der Waals surface area contributed by atoms with E-state index in [1.165, 1.54) is 262 Å². The number of fused-ring (bicyclic) bond motifs is 2. The van der Waals surface area contributed by atoms with Gasteiger partial charge in [0.25, 0.3) is 0 Å². The van der Waals surface area contributed by atoms with Gasteiger partial charge in [0.2, 0.25) is 5.69 Å². The van der Waals surface area contributed by atoms with Crippen LogP contribution in [0.15, 0.2) is 133 Å². The molecular formula is C73H107IN2. The number of allylic oxidation sites excluding steroid dienone is 6. The van der Waals surface area contributed by atoms with E-state index in [-0.39, 0.29) is 34.8 Å². The zero-order valence-corrected chi connectivity index (χ0v) is 51.6. The third-order valence-corrected chi connectivity index (χ3v) is 17.2. The molecule has 0 unspecified atom stereocenters. The first kappa shape index (κ1) is 63.1. The molecule has 0 saturated heterocycles. The summed E-state index contributed by atoms with van der Waals surface area (Å²) in [5, 5.41) is 0. The Bertz CT molecular complexity index is 2330. The van der Waals surface area contributed by atoms with Gasteiger partial charge in [-0.15, -0.1) is 0 Å². The number of nitrogens with zero attached hydrogens (tertiary/aromatic N) is 2. The topological polar surface area (TPSA) is 6.25 Å². The molecule has 0 fully saturated rings. The van der Waals surface area contributed by atoms with Crippen LogP contribution in [0.3, 0.4) is 0 Å². The summed E-state index contributed by atoms with van der Waals surface area (Å²) in [5.74, 6) is 0. The molecule has 0 radical (unpaired) electrons. The lowest BCUT2D eigenvalue weighted by atomic mass is 9.81. The van der Waals surface area contributed by atoms with Crippen LogP contribution in [0.25, 0.3) is 22.3 Å². The summed E-state index contributed by atoms with van der Waals surface area (Å²) in [4.78, 5) is 2.67. The third-order valence-electron chi connectivity index (χ3n) is 17.2. The number of rotatable bonds is 39. The normalized spacial score (nSPS) is 15.1. The Hall–Kier alpha value is -3.70. The Morgan fingerprint density at radius 3 is 1.26 bits per heavy atom.